The Morgan fingerprint density at radius 3 is 2.43 bits per heavy atom. The molecule has 0 bridgehead atoms. The molecule has 3 aromatic carbocycles. The minimum absolute atomic E-state index is 0.0686. The Morgan fingerprint density at radius 1 is 0.967 bits per heavy atom. The fraction of sp³-hybridized carbons (Fsp3) is 0.160. The van der Waals surface area contributed by atoms with Crippen molar-refractivity contribution in [3.8, 4) is 0 Å². The van der Waals surface area contributed by atoms with Gasteiger partial charge in [-0.3, -0.25) is 14.6 Å². The van der Waals surface area contributed by atoms with E-state index in [1.807, 2.05) is 86.6 Å². The number of aliphatic imine (C=N–C) groups is 1. The topological polar surface area (TPSA) is 61.8 Å². The van der Waals surface area contributed by atoms with E-state index in [2.05, 4.69) is 5.32 Å². The van der Waals surface area contributed by atoms with Crippen LogP contribution in [-0.4, -0.2) is 24.1 Å². The smallest absolute Gasteiger partial charge is 0.244 e. The highest BCUT2D eigenvalue weighted by molar-refractivity contribution is 6.19. The summed E-state index contributed by atoms with van der Waals surface area (Å²) in [4.78, 5) is 32.2. The van der Waals surface area contributed by atoms with E-state index in [0.29, 0.717) is 17.1 Å². The van der Waals surface area contributed by atoms with Gasteiger partial charge in [0, 0.05) is 5.69 Å². The van der Waals surface area contributed by atoms with Crippen molar-refractivity contribution in [3.63, 3.8) is 0 Å². The third kappa shape index (κ3) is 4.15. The molecular weight excluding hydrogens is 374 g/mol. The maximum atomic E-state index is 13.1. The van der Waals surface area contributed by atoms with Crippen molar-refractivity contribution >= 4 is 34.6 Å². The number of aryl methyl sites for hydroxylation is 2. The Balaban J connectivity index is 1.62. The first-order valence-corrected chi connectivity index (χ1v) is 9.91. The maximum absolute atomic E-state index is 13.1. The highest BCUT2D eigenvalue weighted by atomic mass is 16.2. The van der Waals surface area contributed by atoms with Crippen LogP contribution in [0, 0.1) is 13.8 Å². The van der Waals surface area contributed by atoms with Crippen LogP contribution in [0.15, 0.2) is 77.8 Å². The van der Waals surface area contributed by atoms with Gasteiger partial charge in [0.05, 0.1) is 23.5 Å². The van der Waals surface area contributed by atoms with Crippen LogP contribution in [-0.2, 0) is 9.59 Å². The van der Waals surface area contributed by atoms with E-state index in [1.165, 1.54) is 4.90 Å². The summed E-state index contributed by atoms with van der Waals surface area (Å²) < 4.78 is 0. The van der Waals surface area contributed by atoms with Crippen molar-refractivity contribution in [3.05, 3.63) is 89.5 Å². The maximum Gasteiger partial charge on any atom is 0.244 e. The van der Waals surface area contributed by atoms with Gasteiger partial charge in [0.2, 0.25) is 11.8 Å². The molecule has 30 heavy (non-hydrogen) atoms. The van der Waals surface area contributed by atoms with Gasteiger partial charge in [-0.25, -0.2) is 0 Å². The molecule has 0 atom stereocenters. The fourth-order valence-electron chi connectivity index (χ4n) is 3.48. The molecule has 0 aromatic heterocycles. The summed E-state index contributed by atoms with van der Waals surface area (Å²) in [5.41, 5.74) is 5.80. The van der Waals surface area contributed by atoms with Crippen LogP contribution in [0.5, 0.6) is 0 Å². The lowest BCUT2D eigenvalue weighted by Gasteiger charge is -2.22. The Morgan fingerprint density at radius 2 is 1.67 bits per heavy atom. The minimum atomic E-state index is -0.244. The number of carbonyl (C=O) groups is 2. The molecule has 0 unspecified atom stereocenters. The van der Waals surface area contributed by atoms with E-state index in [0.717, 1.165) is 22.4 Å². The largest absolute Gasteiger partial charge is 0.324 e. The summed E-state index contributed by atoms with van der Waals surface area (Å²) in [5, 5.41) is 2.91. The molecular formula is C25H23N3O2. The standard InChI is InChI=1S/C25H23N3O2/c1-17-11-13-19(14-12-17)22-15-25(30)28(23-10-6-5-9-21(23)26-22)16-24(29)27-20-8-4-3-7-18(20)2/h3-14H,15-16H2,1-2H3,(H,27,29). The Hall–Kier alpha value is -3.73. The summed E-state index contributed by atoms with van der Waals surface area (Å²) in [5.74, 6) is -0.398. The van der Waals surface area contributed by atoms with Gasteiger partial charge < -0.3 is 10.2 Å². The zero-order valence-electron chi connectivity index (χ0n) is 17.1. The Labute approximate surface area is 176 Å². The van der Waals surface area contributed by atoms with E-state index in [9.17, 15) is 9.59 Å². The van der Waals surface area contributed by atoms with Gasteiger partial charge in [0.25, 0.3) is 0 Å². The van der Waals surface area contributed by atoms with Crippen LogP contribution in [0.1, 0.15) is 23.1 Å². The van der Waals surface area contributed by atoms with Crippen LogP contribution in [0.3, 0.4) is 0 Å². The molecule has 150 valence electrons. The highest BCUT2D eigenvalue weighted by Gasteiger charge is 2.26. The summed E-state index contributed by atoms with van der Waals surface area (Å²) >= 11 is 0. The van der Waals surface area contributed by atoms with Crippen LogP contribution < -0.4 is 10.2 Å². The molecule has 5 heteroatoms. The van der Waals surface area contributed by atoms with E-state index < -0.39 is 0 Å². The van der Waals surface area contributed by atoms with Gasteiger partial charge in [-0.1, -0.05) is 60.2 Å². The molecule has 3 aromatic rings. The first kappa shape index (κ1) is 19.6. The van der Waals surface area contributed by atoms with Gasteiger partial charge in [-0.2, -0.15) is 0 Å². The fourth-order valence-corrected chi connectivity index (χ4v) is 3.48. The van der Waals surface area contributed by atoms with E-state index in [-0.39, 0.29) is 24.8 Å². The van der Waals surface area contributed by atoms with Crippen molar-refractivity contribution in [1.82, 2.24) is 0 Å². The van der Waals surface area contributed by atoms with Crippen molar-refractivity contribution in [1.29, 1.82) is 0 Å². The molecule has 1 N–H and O–H groups in total. The van der Waals surface area contributed by atoms with E-state index >= 15 is 0 Å². The lowest BCUT2D eigenvalue weighted by Crippen LogP contribution is -2.38. The average molecular weight is 397 g/mol. The molecule has 2 amide bonds. The van der Waals surface area contributed by atoms with E-state index in [1.54, 1.807) is 0 Å². The lowest BCUT2D eigenvalue weighted by molar-refractivity contribution is -0.120. The van der Waals surface area contributed by atoms with Gasteiger partial charge in [0.1, 0.15) is 6.54 Å². The highest BCUT2D eigenvalue weighted by Crippen LogP contribution is 2.33. The molecule has 0 spiro atoms. The number of anilines is 2. The summed E-state index contributed by atoms with van der Waals surface area (Å²) in [7, 11) is 0. The number of benzene rings is 3. The third-order valence-corrected chi connectivity index (χ3v) is 5.15. The second-order valence-corrected chi connectivity index (χ2v) is 7.43. The quantitative estimate of drug-likeness (QED) is 0.687. The molecule has 0 saturated heterocycles. The molecule has 0 radical (unpaired) electrons. The molecule has 0 aliphatic carbocycles. The van der Waals surface area contributed by atoms with E-state index in [4.69, 9.17) is 4.99 Å². The third-order valence-electron chi connectivity index (χ3n) is 5.15. The first-order valence-electron chi connectivity index (χ1n) is 9.91. The summed E-state index contributed by atoms with van der Waals surface area (Å²) in [6.45, 7) is 3.89. The summed E-state index contributed by atoms with van der Waals surface area (Å²) in [6, 6.07) is 23.0. The van der Waals surface area contributed by atoms with Crippen molar-refractivity contribution in [2.24, 2.45) is 4.99 Å². The predicted octanol–water partition coefficient (Wildman–Crippen LogP) is 4.80. The second-order valence-electron chi connectivity index (χ2n) is 7.43. The number of nitrogens with zero attached hydrogens (tertiary/aromatic N) is 2. The predicted molar refractivity (Wildman–Crippen MR) is 121 cm³/mol. The van der Waals surface area contributed by atoms with Crippen LogP contribution in [0.4, 0.5) is 17.1 Å². The normalized spacial score (nSPS) is 13.3. The van der Waals surface area contributed by atoms with Gasteiger partial charge >= 0.3 is 0 Å². The Kier molecular flexibility index (Phi) is 5.44. The molecule has 1 aliphatic rings. The molecule has 4 rings (SSSR count). The van der Waals surface area contributed by atoms with Gasteiger partial charge in [-0.05, 0) is 43.2 Å². The van der Waals surface area contributed by atoms with Crippen molar-refractivity contribution < 1.29 is 9.59 Å². The monoisotopic (exact) mass is 397 g/mol. The number of para-hydroxylation sites is 3. The number of hydrogen-bond donors (Lipinski definition) is 1. The van der Waals surface area contributed by atoms with Gasteiger partial charge in [-0.15, -0.1) is 0 Å². The van der Waals surface area contributed by atoms with Crippen LogP contribution in [0.25, 0.3) is 0 Å². The van der Waals surface area contributed by atoms with Crippen molar-refractivity contribution in [2.45, 2.75) is 20.3 Å². The molecule has 0 saturated carbocycles. The molecule has 0 fully saturated rings. The zero-order chi connectivity index (χ0) is 21.1. The average Bonchev–Trinajstić information content (AvgIpc) is 2.87. The Bertz CT molecular complexity index is 1130. The molecule has 5 nitrogen and oxygen atoms in total. The zero-order valence-corrected chi connectivity index (χ0v) is 17.1. The number of hydrogen-bond acceptors (Lipinski definition) is 3. The van der Waals surface area contributed by atoms with Crippen molar-refractivity contribution in [2.75, 3.05) is 16.8 Å². The lowest BCUT2D eigenvalue weighted by atomic mass is 10.1. The molecule has 1 heterocycles. The number of fused-ring (bicyclic) bond motifs is 1. The first-order chi connectivity index (χ1) is 14.5. The summed E-state index contributed by atoms with van der Waals surface area (Å²) in [6.07, 6.45) is 0.134. The number of carbonyl (C=O) groups excluding carboxylic acids is 2. The number of nitrogens with one attached hydrogen (secondary N) is 1. The van der Waals surface area contributed by atoms with Crippen LogP contribution in [0.2, 0.25) is 0 Å². The number of amides is 2. The second kappa shape index (κ2) is 8.33. The SMILES string of the molecule is Cc1ccc(C2=Nc3ccccc3N(CC(=O)Nc3ccccc3C)C(=O)C2)cc1. The number of rotatable bonds is 4. The van der Waals surface area contributed by atoms with Crippen LogP contribution >= 0.6 is 0 Å². The van der Waals surface area contributed by atoms with Gasteiger partial charge in [0.15, 0.2) is 0 Å². The molecule has 1 aliphatic heterocycles. The minimum Gasteiger partial charge on any atom is -0.324 e.